The standard InChI is InChI=1S/C14H15N3O4S/c1-8-12(9(2)18)13(17-14(20)16-8)22-7-11(19)15-6-10-4-3-5-21-10/h3-5H,6-7H2,1-2H3,(H,15,19)(H,16,17,20). The highest BCUT2D eigenvalue weighted by Gasteiger charge is 2.15. The summed E-state index contributed by atoms with van der Waals surface area (Å²) in [6, 6.07) is 3.49. The molecular formula is C14H15N3O4S. The molecule has 0 spiro atoms. The summed E-state index contributed by atoms with van der Waals surface area (Å²) in [6.45, 7) is 3.30. The molecule has 7 nitrogen and oxygen atoms in total. The summed E-state index contributed by atoms with van der Waals surface area (Å²) < 4.78 is 5.10. The number of amides is 1. The number of ketones is 1. The fraction of sp³-hybridized carbons (Fsp3) is 0.286. The molecule has 0 aromatic carbocycles. The number of hydrogen-bond donors (Lipinski definition) is 2. The van der Waals surface area contributed by atoms with E-state index in [1.165, 1.54) is 13.2 Å². The van der Waals surface area contributed by atoms with Crippen molar-refractivity contribution in [3.8, 4) is 0 Å². The van der Waals surface area contributed by atoms with Crippen molar-refractivity contribution < 1.29 is 14.0 Å². The Morgan fingerprint density at radius 1 is 1.45 bits per heavy atom. The van der Waals surface area contributed by atoms with Gasteiger partial charge < -0.3 is 14.7 Å². The van der Waals surface area contributed by atoms with Crippen LogP contribution in [0, 0.1) is 6.92 Å². The van der Waals surface area contributed by atoms with E-state index >= 15 is 0 Å². The molecule has 22 heavy (non-hydrogen) atoms. The highest BCUT2D eigenvalue weighted by Crippen LogP contribution is 2.21. The van der Waals surface area contributed by atoms with Gasteiger partial charge in [0.05, 0.1) is 24.1 Å². The Labute approximate surface area is 130 Å². The molecule has 2 N–H and O–H groups in total. The Balaban J connectivity index is 2.00. The van der Waals surface area contributed by atoms with Crippen molar-refractivity contribution in [1.82, 2.24) is 15.3 Å². The average Bonchev–Trinajstić information content (AvgIpc) is 2.94. The van der Waals surface area contributed by atoms with Gasteiger partial charge in [0.2, 0.25) is 5.91 Å². The van der Waals surface area contributed by atoms with Crippen LogP contribution in [0.25, 0.3) is 0 Å². The molecule has 116 valence electrons. The Morgan fingerprint density at radius 3 is 2.86 bits per heavy atom. The van der Waals surface area contributed by atoms with E-state index in [4.69, 9.17) is 4.42 Å². The van der Waals surface area contributed by atoms with E-state index < -0.39 is 5.69 Å². The first-order valence-electron chi connectivity index (χ1n) is 6.51. The number of hydrogen-bond acceptors (Lipinski definition) is 6. The van der Waals surface area contributed by atoms with Crippen molar-refractivity contribution >= 4 is 23.5 Å². The lowest BCUT2D eigenvalue weighted by atomic mass is 10.2. The number of aryl methyl sites for hydroxylation is 1. The first kappa shape index (κ1) is 16.0. The van der Waals surface area contributed by atoms with Gasteiger partial charge in [-0.2, -0.15) is 4.98 Å². The normalized spacial score (nSPS) is 10.5. The van der Waals surface area contributed by atoms with Crippen LogP contribution in [0.5, 0.6) is 0 Å². The number of H-pyrrole nitrogens is 1. The molecule has 0 bridgehead atoms. The fourth-order valence-electron chi connectivity index (χ4n) is 1.86. The van der Waals surface area contributed by atoms with Crippen molar-refractivity contribution in [1.29, 1.82) is 0 Å². The summed E-state index contributed by atoms with van der Waals surface area (Å²) in [5.74, 6) is 0.250. The lowest BCUT2D eigenvalue weighted by molar-refractivity contribution is -0.118. The van der Waals surface area contributed by atoms with Crippen LogP contribution in [0.4, 0.5) is 0 Å². The maximum Gasteiger partial charge on any atom is 0.346 e. The summed E-state index contributed by atoms with van der Waals surface area (Å²) in [5.41, 5.74) is 0.246. The summed E-state index contributed by atoms with van der Waals surface area (Å²) >= 11 is 1.05. The molecule has 2 aromatic heterocycles. The van der Waals surface area contributed by atoms with Crippen LogP contribution in [-0.2, 0) is 11.3 Å². The second kappa shape index (κ2) is 7.08. The van der Waals surface area contributed by atoms with Crippen LogP contribution in [0.3, 0.4) is 0 Å². The molecule has 0 saturated carbocycles. The first-order valence-corrected chi connectivity index (χ1v) is 7.49. The van der Waals surface area contributed by atoms with Crippen LogP contribution in [0.2, 0.25) is 0 Å². The first-order chi connectivity index (χ1) is 10.5. The van der Waals surface area contributed by atoms with Gasteiger partial charge in [-0.25, -0.2) is 4.79 Å². The molecule has 0 aliphatic heterocycles. The number of furan rings is 1. The van der Waals surface area contributed by atoms with Crippen molar-refractivity contribution in [2.24, 2.45) is 0 Å². The quantitative estimate of drug-likeness (QED) is 0.472. The number of nitrogens with one attached hydrogen (secondary N) is 2. The molecule has 8 heteroatoms. The van der Waals surface area contributed by atoms with E-state index in [0.717, 1.165) is 11.8 Å². The predicted molar refractivity (Wildman–Crippen MR) is 80.9 cm³/mol. The van der Waals surface area contributed by atoms with E-state index in [0.29, 0.717) is 17.0 Å². The van der Waals surface area contributed by atoms with Gasteiger partial charge >= 0.3 is 5.69 Å². The van der Waals surface area contributed by atoms with Gasteiger partial charge in [-0.1, -0.05) is 11.8 Å². The van der Waals surface area contributed by atoms with E-state index in [1.54, 1.807) is 19.1 Å². The van der Waals surface area contributed by atoms with Crippen LogP contribution in [-0.4, -0.2) is 27.4 Å². The van der Waals surface area contributed by atoms with Crippen LogP contribution in [0.15, 0.2) is 32.6 Å². The maximum absolute atomic E-state index is 11.8. The number of aromatic nitrogens is 2. The van der Waals surface area contributed by atoms with Gasteiger partial charge in [0, 0.05) is 5.69 Å². The molecule has 0 aliphatic carbocycles. The molecule has 0 unspecified atom stereocenters. The zero-order valence-electron chi connectivity index (χ0n) is 12.1. The molecule has 0 aliphatic rings. The van der Waals surface area contributed by atoms with Gasteiger partial charge in [-0.05, 0) is 26.0 Å². The molecule has 0 radical (unpaired) electrons. The molecule has 2 aromatic rings. The van der Waals surface area contributed by atoms with Gasteiger partial charge in [0.25, 0.3) is 0 Å². The van der Waals surface area contributed by atoms with Crippen molar-refractivity contribution in [3.63, 3.8) is 0 Å². The van der Waals surface area contributed by atoms with E-state index in [1.807, 2.05) is 0 Å². The highest BCUT2D eigenvalue weighted by molar-refractivity contribution is 8.00. The Morgan fingerprint density at radius 2 is 2.23 bits per heavy atom. The molecule has 0 fully saturated rings. The van der Waals surface area contributed by atoms with E-state index in [-0.39, 0.29) is 29.0 Å². The zero-order chi connectivity index (χ0) is 16.1. The molecule has 0 saturated heterocycles. The summed E-state index contributed by atoms with van der Waals surface area (Å²) in [7, 11) is 0. The van der Waals surface area contributed by atoms with Gasteiger partial charge in [-0.15, -0.1) is 0 Å². The third kappa shape index (κ3) is 4.08. The second-order valence-corrected chi connectivity index (χ2v) is 5.51. The SMILES string of the molecule is CC(=O)c1c(SCC(=O)NCc2ccco2)nc(=O)[nH]c1C. The number of thioether (sulfide) groups is 1. The largest absolute Gasteiger partial charge is 0.467 e. The van der Waals surface area contributed by atoms with Crippen molar-refractivity contribution in [2.45, 2.75) is 25.4 Å². The number of aromatic amines is 1. The molecule has 2 heterocycles. The zero-order valence-corrected chi connectivity index (χ0v) is 13.0. The Hall–Kier alpha value is -2.35. The summed E-state index contributed by atoms with van der Waals surface area (Å²) in [4.78, 5) is 41.1. The van der Waals surface area contributed by atoms with E-state index in [9.17, 15) is 14.4 Å². The fourth-order valence-corrected chi connectivity index (χ4v) is 2.82. The van der Waals surface area contributed by atoms with Gasteiger partial charge in [0.1, 0.15) is 10.8 Å². The smallest absolute Gasteiger partial charge is 0.346 e. The van der Waals surface area contributed by atoms with E-state index in [2.05, 4.69) is 15.3 Å². The van der Waals surface area contributed by atoms with Crippen LogP contribution >= 0.6 is 11.8 Å². The van der Waals surface area contributed by atoms with Crippen LogP contribution < -0.4 is 11.0 Å². The second-order valence-electron chi connectivity index (χ2n) is 4.55. The Kier molecular flexibility index (Phi) is 5.16. The minimum atomic E-state index is -0.541. The molecule has 1 amide bonds. The third-order valence-electron chi connectivity index (χ3n) is 2.82. The maximum atomic E-state index is 11.8. The minimum Gasteiger partial charge on any atom is -0.467 e. The highest BCUT2D eigenvalue weighted by atomic mass is 32.2. The average molecular weight is 321 g/mol. The molecule has 2 rings (SSSR count). The topological polar surface area (TPSA) is 105 Å². The van der Waals surface area contributed by atoms with Crippen LogP contribution in [0.1, 0.15) is 28.7 Å². The van der Waals surface area contributed by atoms with Gasteiger partial charge in [-0.3, -0.25) is 9.59 Å². The number of carbonyl (C=O) groups is 2. The summed E-state index contributed by atoms with van der Waals surface area (Å²) in [6.07, 6.45) is 1.53. The molecular weight excluding hydrogens is 306 g/mol. The number of carbonyl (C=O) groups excluding carboxylic acids is 2. The lowest BCUT2D eigenvalue weighted by Gasteiger charge is -2.08. The third-order valence-corrected chi connectivity index (χ3v) is 3.79. The predicted octanol–water partition coefficient (Wildman–Crippen LogP) is 1.28. The number of Topliss-reactive ketones (excluding diaryl/α,β-unsaturated/α-hetero) is 1. The van der Waals surface area contributed by atoms with Crippen molar-refractivity contribution in [3.05, 3.63) is 45.9 Å². The van der Waals surface area contributed by atoms with Crippen molar-refractivity contribution in [2.75, 3.05) is 5.75 Å². The number of nitrogens with zero attached hydrogens (tertiary/aromatic N) is 1. The Bertz CT molecular complexity index is 737. The monoisotopic (exact) mass is 321 g/mol. The van der Waals surface area contributed by atoms with Gasteiger partial charge in [0.15, 0.2) is 5.78 Å². The lowest BCUT2D eigenvalue weighted by Crippen LogP contribution is -2.25. The number of rotatable bonds is 6. The summed E-state index contributed by atoms with van der Waals surface area (Å²) in [5, 5.41) is 2.95. The minimum absolute atomic E-state index is 0.0525. The molecule has 0 atom stereocenters.